The van der Waals surface area contributed by atoms with Crippen LogP contribution in [0.25, 0.3) is 0 Å². The van der Waals surface area contributed by atoms with E-state index in [1.54, 1.807) is 24.3 Å². The van der Waals surface area contributed by atoms with Crippen molar-refractivity contribution < 1.29 is 4.79 Å². The van der Waals surface area contributed by atoms with Crippen LogP contribution in [0.5, 0.6) is 0 Å². The van der Waals surface area contributed by atoms with Crippen molar-refractivity contribution in [2.45, 2.75) is 6.42 Å². The van der Waals surface area contributed by atoms with Gasteiger partial charge in [0.1, 0.15) is 0 Å². The molecule has 0 unspecified atom stereocenters. The number of hydrogen-bond acceptors (Lipinski definition) is 1. The Morgan fingerprint density at radius 1 is 1.29 bits per heavy atom. The molecule has 1 aliphatic rings. The molecule has 0 amide bonds. The number of halogens is 1. The lowest BCUT2D eigenvalue weighted by Crippen LogP contribution is -1.98. The molecule has 2 rings (SSSR count). The van der Waals surface area contributed by atoms with E-state index in [1.165, 1.54) is 0 Å². The number of benzene rings is 1. The quantitative estimate of drug-likeness (QED) is 0.565. The number of allylic oxidation sites excluding steroid dienone is 6. The van der Waals surface area contributed by atoms with Crippen molar-refractivity contribution >= 4 is 17.4 Å². The van der Waals surface area contributed by atoms with Gasteiger partial charge in [-0.25, -0.2) is 0 Å². The zero-order valence-electron chi connectivity index (χ0n) is 9.32. The highest BCUT2D eigenvalue weighted by Gasteiger charge is 2.10. The number of hydrogen-bond donors (Lipinski definition) is 0. The van der Waals surface area contributed by atoms with Crippen molar-refractivity contribution in [3.05, 3.63) is 77.2 Å². The fraction of sp³-hybridized carbons (Fsp3) is 0.0667. The summed E-state index contributed by atoms with van der Waals surface area (Å²) in [6.07, 6.45) is 5.98. The summed E-state index contributed by atoms with van der Waals surface area (Å²) < 4.78 is 0. The fourth-order valence-electron chi connectivity index (χ4n) is 1.62. The molecule has 0 aliphatic heterocycles. The molecule has 0 N–H and O–H groups in total. The van der Waals surface area contributed by atoms with Gasteiger partial charge in [0.15, 0.2) is 5.78 Å². The summed E-state index contributed by atoms with van der Waals surface area (Å²) in [4.78, 5) is 11.9. The molecule has 1 nitrogen and oxygen atoms in total. The van der Waals surface area contributed by atoms with Crippen molar-refractivity contribution in [2.24, 2.45) is 0 Å². The van der Waals surface area contributed by atoms with Crippen LogP contribution in [-0.2, 0) is 0 Å². The summed E-state index contributed by atoms with van der Waals surface area (Å²) in [6.45, 7) is 3.81. The van der Waals surface area contributed by atoms with Crippen LogP contribution >= 0.6 is 11.6 Å². The predicted molar refractivity (Wildman–Crippen MR) is 70.8 cm³/mol. The number of carbonyl (C=O) groups excluding carboxylic acids is 1. The van der Waals surface area contributed by atoms with Gasteiger partial charge in [-0.1, -0.05) is 48.0 Å². The maximum atomic E-state index is 11.9. The first-order valence-electron chi connectivity index (χ1n) is 5.36. The molecule has 1 radical (unpaired) electrons. The Balaban J connectivity index is 2.22. The molecule has 0 atom stereocenters. The van der Waals surface area contributed by atoms with Gasteiger partial charge in [0, 0.05) is 10.6 Å². The van der Waals surface area contributed by atoms with Crippen molar-refractivity contribution in [2.75, 3.05) is 0 Å². The van der Waals surface area contributed by atoms with Crippen molar-refractivity contribution in [3.8, 4) is 0 Å². The third-order valence-electron chi connectivity index (χ3n) is 2.57. The van der Waals surface area contributed by atoms with Gasteiger partial charge in [-0.15, -0.1) is 0 Å². The highest BCUT2D eigenvalue weighted by molar-refractivity contribution is 6.32. The number of carbonyl (C=O) groups is 1. The Bertz CT molecular complexity index is 521. The minimum absolute atomic E-state index is 0.0203. The lowest BCUT2D eigenvalue weighted by atomic mass is 10.00. The van der Waals surface area contributed by atoms with E-state index >= 15 is 0 Å². The van der Waals surface area contributed by atoms with Crippen LogP contribution in [0.1, 0.15) is 16.8 Å². The average molecular weight is 244 g/mol. The van der Waals surface area contributed by atoms with Gasteiger partial charge in [0.05, 0.1) is 0 Å². The van der Waals surface area contributed by atoms with Crippen LogP contribution in [0.15, 0.2) is 64.7 Å². The monoisotopic (exact) mass is 243 g/mol. The van der Waals surface area contributed by atoms with Crippen LogP contribution in [0.3, 0.4) is 0 Å². The van der Waals surface area contributed by atoms with Gasteiger partial charge < -0.3 is 0 Å². The Hall–Kier alpha value is -1.60. The Morgan fingerprint density at radius 3 is 2.65 bits per heavy atom. The van der Waals surface area contributed by atoms with Gasteiger partial charge in [-0.2, -0.15) is 0 Å². The SMILES string of the molecule is [CH2]C1=CC/C(=C/C(=O)c2ccccc2)C(Cl)=C1. The Morgan fingerprint density at radius 2 is 2.00 bits per heavy atom. The molecule has 0 fully saturated rings. The first kappa shape index (κ1) is 11.9. The zero-order chi connectivity index (χ0) is 12.3. The summed E-state index contributed by atoms with van der Waals surface area (Å²) >= 11 is 6.07. The van der Waals surface area contributed by atoms with Crippen molar-refractivity contribution in [1.29, 1.82) is 0 Å². The highest BCUT2D eigenvalue weighted by atomic mass is 35.5. The maximum absolute atomic E-state index is 11.9. The van der Waals surface area contributed by atoms with E-state index in [0.717, 1.165) is 11.1 Å². The van der Waals surface area contributed by atoms with E-state index in [0.29, 0.717) is 17.0 Å². The van der Waals surface area contributed by atoms with Crippen molar-refractivity contribution in [1.82, 2.24) is 0 Å². The van der Waals surface area contributed by atoms with E-state index in [2.05, 4.69) is 6.92 Å². The topological polar surface area (TPSA) is 17.1 Å². The predicted octanol–water partition coefficient (Wildman–Crippen LogP) is 4.08. The molecule has 0 saturated heterocycles. The van der Waals surface area contributed by atoms with Crippen LogP contribution in [0, 0.1) is 6.92 Å². The van der Waals surface area contributed by atoms with Crippen LogP contribution in [0.4, 0.5) is 0 Å². The standard InChI is InChI=1S/C15H12ClO/c1-11-7-8-13(14(16)9-11)10-15(17)12-5-3-2-4-6-12/h2-7,9-10H,1,8H2/b13-10-. The van der Waals surface area contributed by atoms with Crippen molar-refractivity contribution in [3.63, 3.8) is 0 Å². The second-order valence-corrected chi connectivity index (χ2v) is 4.28. The molecule has 17 heavy (non-hydrogen) atoms. The van der Waals surface area contributed by atoms with Crippen LogP contribution in [0.2, 0.25) is 0 Å². The zero-order valence-corrected chi connectivity index (χ0v) is 10.1. The first-order valence-corrected chi connectivity index (χ1v) is 5.74. The molecule has 85 valence electrons. The second kappa shape index (κ2) is 5.15. The van der Waals surface area contributed by atoms with Gasteiger partial charge in [0.25, 0.3) is 0 Å². The molecule has 1 aliphatic carbocycles. The van der Waals surface area contributed by atoms with E-state index in [4.69, 9.17) is 11.6 Å². The molecule has 1 aromatic carbocycles. The molecule has 1 aromatic rings. The van der Waals surface area contributed by atoms with Crippen LogP contribution in [-0.4, -0.2) is 5.78 Å². The summed E-state index contributed by atoms with van der Waals surface area (Å²) in [5.74, 6) is -0.0203. The molecule has 2 heteroatoms. The molecular weight excluding hydrogens is 232 g/mol. The highest BCUT2D eigenvalue weighted by Crippen LogP contribution is 2.26. The maximum Gasteiger partial charge on any atom is 0.186 e. The second-order valence-electron chi connectivity index (χ2n) is 3.88. The Kier molecular flexibility index (Phi) is 3.60. The van der Waals surface area contributed by atoms with Gasteiger partial charge >= 0.3 is 0 Å². The molecule has 0 saturated carbocycles. The molecule has 0 aromatic heterocycles. The van der Waals surface area contributed by atoms with E-state index in [-0.39, 0.29) is 5.78 Å². The molecular formula is C15H12ClO. The van der Waals surface area contributed by atoms with Gasteiger partial charge in [-0.3, -0.25) is 4.79 Å². The summed E-state index contributed by atoms with van der Waals surface area (Å²) in [5.41, 5.74) is 2.40. The minimum Gasteiger partial charge on any atom is -0.289 e. The largest absolute Gasteiger partial charge is 0.289 e. The minimum atomic E-state index is -0.0203. The smallest absolute Gasteiger partial charge is 0.186 e. The summed E-state index contributed by atoms with van der Waals surface area (Å²) in [5, 5.41) is 0.599. The van der Waals surface area contributed by atoms with Gasteiger partial charge in [-0.05, 0) is 36.6 Å². The molecule has 0 bridgehead atoms. The van der Waals surface area contributed by atoms with Crippen LogP contribution < -0.4 is 0 Å². The normalized spacial score (nSPS) is 17.6. The lowest BCUT2D eigenvalue weighted by molar-refractivity contribution is 0.104. The number of ketones is 1. The fourth-order valence-corrected chi connectivity index (χ4v) is 1.90. The lowest BCUT2D eigenvalue weighted by Gasteiger charge is -2.09. The Labute approximate surface area is 106 Å². The third-order valence-corrected chi connectivity index (χ3v) is 2.92. The molecule has 0 heterocycles. The van der Waals surface area contributed by atoms with E-state index in [9.17, 15) is 4.79 Å². The first-order chi connectivity index (χ1) is 8.16. The van der Waals surface area contributed by atoms with Gasteiger partial charge in [0.2, 0.25) is 0 Å². The van der Waals surface area contributed by atoms with E-state index < -0.39 is 0 Å². The average Bonchev–Trinajstić information content (AvgIpc) is 2.34. The summed E-state index contributed by atoms with van der Waals surface area (Å²) in [7, 11) is 0. The summed E-state index contributed by atoms with van der Waals surface area (Å²) in [6, 6.07) is 9.16. The number of rotatable bonds is 2. The molecule has 0 spiro atoms. The third kappa shape index (κ3) is 2.95. The van der Waals surface area contributed by atoms with E-state index in [1.807, 2.05) is 24.3 Å².